The lowest BCUT2D eigenvalue weighted by molar-refractivity contribution is 0.198. The molecule has 29 heavy (non-hydrogen) atoms. The number of fused-ring (bicyclic) bond motifs is 1. The number of anilines is 1. The van der Waals surface area contributed by atoms with E-state index in [1.54, 1.807) is 12.1 Å². The lowest BCUT2D eigenvalue weighted by Crippen LogP contribution is -2.41. The number of rotatable bonds is 4. The molecule has 2 aliphatic heterocycles. The molecule has 2 saturated heterocycles. The Morgan fingerprint density at radius 3 is 2.59 bits per heavy atom. The summed E-state index contributed by atoms with van der Waals surface area (Å²) in [7, 11) is -3.49. The van der Waals surface area contributed by atoms with Gasteiger partial charge in [-0.05, 0) is 49.2 Å². The van der Waals surface area contributed by atoms with Gasteiger partial charge < -0.3 is 15.0 Å². The zero-order chi connectivity index (χ0) is 20.2. The SMILES string of the molecule is O=S(=O)(c1ccc(N2CC[C@H](O)C2)c(-c2cc3ccc(Cl)cc3[nH]2)c1)N1CCC1. The Morgan fingerprint density at radius 2 is 1.90 bits per heavy atom. The minimum Gasteiger partial charge on any atom is -0.391 e. The van der Waals surface area contributed by atoms with Gasteiger partial charge in [0.25, 0.3) is 0 Å². The van der Waals surface area contributed by atoms with Crippen LogP contribution in [0.5, 0.6) is 0 Å². The second kappa shape index (κ2) is 7.02. The Kier molecular flexibility index (Phi) is 4.58. The van der Waals surface area contributed by atoms with Crippen LogP contribution >= 0.6 is 11.6 Å². The quantitative estimate of drug-likeness (QED) is 0.663. The van der Waals surface area contributed by atoms with E-state index in [2.05, 4.69) is 9.88 Å². The minimum atomic E-state index is -3.49. The van der Waals surface area contributed by atoms with Gasteiger partial charge in [0.1, 0.15) is 0 Å². The van der Waals surface area contributed by atoms with E-state index in [0.717, 1.165) is 40.8 Å². The number of nitrogens with zero attached hydrogens (tertiary/aromatic N) is 2. The number of sulfonamides is 1. The van der Waals surface area contributed by atoms with E-state index in [9.17, 15) is 13.5 Å². The number of aliphatic hydroxyl groups excluding tert-OH is 1. The second-order valence-electron chi connectivity index (χ2n) is 7.74. The molecule has 2 aromatic carbocycles. The van der Waals surface area contributed by atoms with E-state index in [4.69, 9.17) is 11.6 Å². The predicted octanol–water partition coefficient (Wildman–Crippen LogP) is 3.45. The van der Waals surface area contributed by atoms with Crippen LogP contribution in [0.3, 0.4) is 0 Å². The number of β-amino-alcohol motifs (C(OH)–C–C–N with tert-alkyl or cyclic N) is 1. The zero-order valence-electron chi connectivity index (χ0n) is 15.8. The van der Waals surface area contributed by atoms with E-state index in [1.165, 1.54) is 4.31 Å². The molecule has 1 atom stereocenters. The van der Waals surface area contributed by atoms with Crippen molar-refractivity contribution in [2.45, 2.75) is 23.8 Å². The molecule has 8 heteroatoms. The highest BCUT2D eigenvalue weighted by molar-refractivity contribution is 7.89. The molecule has 0 amide bonds. The molecule has 0 spiro atoms. The number of hydrogen-bond donors (Lipinski definition) is 2. The number of aliphatic hydroxyl groups is 1. The fourth-order valence-corrected chi connectivity index (χ4v) is 5.76. The van der Waals surface area contributed by atoms with Gasteiger partial charge in [0.2, 0.25) is 10.0 Å². The number of nitrogens with one attached hydrogen (secondary N) is 1. The smallest absolute Gasteiger partial charge is 0.243 e. The predicted molar refractivity (Wildman–Crippen MR) is 115 cm³/mol. The number of benzene rings is 2. The number of H-pyrrole nitrogens is 1. The van der Waals surface area contributed by atoms with Crippen LogP contribution < -0.4 is 4.90 Å². The number of aromatic amines is 1. The molecule has 1 aromatic heterocycles. The number of aromatic nitrogens is 1. The van der Waals surface area contributed by atoms with Gasteiger partial charge in [0.05, 0.1) is 11.0 Å². The minimum absolute atomic E-state index is 0.299. The first-order valence-electron chi connectivity index (χ1n) is 9.78. The molecular weight excluding hydrogens is 410 g/mol. The molecular formula is C21H22ClN3O3S. The maximum absolute atomic E-state index is 12.9. The lowest BCUT2D eigenvalue weighted by atomic mass is 10.1. The van der Waals surface area contributed by atoms with Crippen molar-refractivity contribution in [1.29, 1.82) is 0 Å². The molecule has 3 heterocycles. The lowest BCUT2D eigenvalue weighted by Gasteiger charge is -2.30. The zero-order valence-corrected chi connectivity index (χ0v) is 17.4. The van der Waals surface area contributed by atoms with Gasteiger partial charge in [-0.15, -0.1) is 0 Å². The van der Waals surface area contributed by atoms with E-state index < -0.39 is 10.0 Å². The summed E-state index contributed by atoms with van der Waals surface area (Å²) in [5, 5.41) is 11.6. The van der Waals surface area contributed by atoms with Gasteiger partial charge in [-0.3, -0.25) is 0 Å². The van der Waals surface area contributed by atoms with Crippen LogP contribution in [-0.2, 0) is 10.0 Å². The normalized spacial score (nSPS) is 20.3. The van der Waals surface area contributed by atoms with Crippen LogP contribution in [0.15, 0.2) is 47.4 Å². The van der Waals surface area contributed by atoms with Crippen LogP contribution in [0.4, 0.5) is 5.69 Å². The highest BCUT2D eigenvalue weighted by atomic mass is 35.5. The van der Waals surface area contributed by atoms with Gasteiger partial charge in [-0.1, -0.05) is 17.7 Å². The topological polar surface area (TPSA) is 76.6 Å². The summed E-state index contributed by atoms with van der Waals surface area (Å²) in [4.78, 5) is 5.79. The molecule has 6 nitrogen and oxygen atoms in total. The number of halogens is 1. The summed E-state index contributed by atoms with van der Waals surface area (Å²) < 4.78 is 27.4. The third-order valence-electron chi connectivity index (χ3n) is 5.80. The Balaban J connectivity index is 1.65. The van der Waals surface area contributed by atoms with Gasteiger partial charge in [0, 0.05) is 59.0 Å². The molecule has 3 aromatic rings. The summed E-state index contributed by atoms with van der Waals surface area (Å²) in [6, 6.07) is 12.9. The molecule has 0 bridgehead atoms. The Bertz CT molecular complexity index is 1190. The van der Waals surface area contributed by atoms with Gasteiger partial charge in [-0.2, -0.15) is 4.31 Å². The third kappa shape index (κ3) is 3.32. The van der Waals surface area contributed by atoms with Crippen LogP contribution in [0, 0.1) is 0 Å². The largest absolute Gasteiger partial charge is 0.391 e. The van der Waals surface area contributed by atoms with Crippen molar-refractivity contribution in [2.75, 3.05) is 31.1 Å². The van der Waals surface area contributed by atoms with Crippen molar-refractivity contribution in [3.63, 3.8) is 0 Å². The van der Waals surface area contributed by atoms with E-state index in [-0.39, 0.29) is 6.10 Å². The van der Waals surface area contributed by atoms with E-state index >= 15 is 0 Å². The fourth-order valence-electron chi connectivity index (χ4n) is 4.05. The molecule has 152 valence electrons. The average molecular weight is 432 g/mol. The Hall–Kier alpha value is -2.06. The monoisotopic (exact) mass is 431 g/mol. The third-order valence-corrected chi connectivity index (χ3v) is 7.93. The van der Waals surface area contributed by atoms with Gasteiger partial charge >= 0.3 is 0 Å². The van der Waals surface area contributed by atoms with Crippen LogP contribution in [0.2, 0.25) is 5.02 Å². The van der Waals surface area contributed by atoms with Crippen molar-refractivity contribution >= 4 is 38.2 Å². The fraction of sp³-hybridized carbons (Fsp3) is 0.333. The first-order chi connectivity index (χ1) is 13.9. The standard InChI is InChI=1S/C21H22ClN3O3S/c22-15-3-2-14-10-20(23-19(14)11-15)18-12-17(29(27,28)25-7-1-8-25)4-5-21(18)24-9-6-16(26)13-24/h2-5,10-12,16,23,26H,1,6-9,13H2/t16-/m0/s1. The molecule has 2 aliphatic rings. The van der Waals surface area contributed by atoms with Crippen molar-refractivity contribution in [3.8, 4) is 11.3 Å². The van der Waals surface area contributed by atoms with Gasteiger partial charge in [0.15, 0.2) is 0 Å². The molecule has 0 unspecified atom stereocenters. The average Bonchev–Trinajstić information content (AvgIpc) is 3.25. The van der Waals surface area contributed by atoms with E-state index in [0.29, 0.717) is 36.0 Å². The Labute approximate surface area is 174 Å². The van der Waals surface area contributed by atoms with Gasteiger partial charge in [-0.25, -0.2) is 8.42 Å². The molecule has 0 saturated carbocycles. The van der Waals surface area contributed by atoms with Crippen LogP contribution in [0.1, 0.15) is 12.8 Å². The summed E-state index contributed by atoms with van der Waals surface area (Å²) >= 11 is 6.13. The molecule has 0 aliphatic carbocycles. The molecule has 5 rings (SSSR count). The molecule has 2 N–H and O–H groups in total. The maximum atomic E-state index is 12.9. The highest BCUT2D eigenvalue weighted by Gasteiger charge is 2.31. The maximum Gasteiger partial charge on any atom is 0.243 e. The van der Waals surface area contributed by atoms with Crippen molar-refractivity contribution in [3.05, 3.63) is 47.5 Å². The van der Waals surface area contributed by atoms with Crippen LogP contribution in [0.25, 0.3) is 22.2 Å². The van der Waals surface area contributed by atoms with E-state index in [1.807, 2.05) is 30.3 Å². The summed E-state index contributed by atoms with van der Waals surface area (Å²) in [5.41, 5.74) is 3.46. The first kappa shape index (κ1) is 18.9. The highest BCUT2D eigenvalue weighted by Crippen LogP contribution is 2.37. The summed E-state index contributed by atoms with van der Waals surface area (Å²) in [6.45, 7) is 2.42. The second-order valence-corrected chi connectivity index (χ2v) is 10.1. The van der Waals surface area contributed by atoms with Crippen LogP contribution in [-0.4, -0.2) is 55.1 Å². The number of hydrogen-bond acceptors (Lipinski definition) is 4. The van der Waals surface area contributed by atoms with Crippen molar-refractivity contribution in [1.82, 2.24) is 9.29 Å². The van der Waals surface area contributed by atoms with Crippen molar-refractivity contribution < 1.29 is 13.5 Å². The first-order valence-corrected chi connectivity index (χ1v) is 11.6. The molecule has 0 radical (unpaired) electrons. The summed E-state index contributed by atoms with van der Waals surface area (Å²) in [6.07, 6.45) is 1.24. The summed E-state index contributed by atoms with van der Waals surface area (Å²) in [5.74, 6) is 0. The van der Waals surface area contributed by atoms with Crippen molar-refractivity contribution in [2.24, 2.45) is 0 Å². The molecule has 2 fully saturated rings. The Morgan fingerprint density at radius 1 is 1.07 bits per heavy atom.